The molecule has 0 heteroatoms. The fraction of sp³-hybridized carbons (Fsp3) is 0.760. The molecule has 0 atom stereocenters. The molecule has 0 aliphatic heterocycles. The van der Waals surface area contributed by atoms with Crippen molar-refractivity contribution in [3.8, 4) is 0 Å². The van der Waals surface area contributed by atoms with E-state index < -0.39 is 0 Å². The lowest BCUT2D eigenvalue weighted by atomic mass is 9.73. The zero-order chi connectivity index (χ0) is 20.1. The number of hydrogen-bond donors (Lipinski definition) is 0. The minimum absolute atomic E-state index is 0.188. The van der Waals surface area contributed by atoms with Crippen LogP contribution in [0.2, 0.25) is 0 Å². The van der Waals surface area contributed by atoms with E-state index in [2.05, 4.69) is 82.4 Å². The lowest BCUT2D eigenvalue weighted by molar-refractivity contribution is 0.380. The number of unbranched alkanes of at least 4 members (excludes halogenated alkanes) is 1. The predicted octanol–water partition coefficient (Wildman–Crippen LogP) is 8.89. The molecule has 0 fully saturated rings. The van der Waals surface area contributed by atoms with Crippen LogP contribution in [-0.2, 0) is 0 Å². The fourth-order valence-corrected chi connectivity index (χ4v) is 3.19. The van der Waals surface area contributed by atoms with Gasteiger partial charge >= 0.3 is 0 Å². The number of allylic oxidation sites excluding steroid dienone is 4. The van der Waals surface area contributed by atoms with Crippen LogP contribution in [0.15, 0.2) is 35.5 Å². The van der Waals surface area contributed by atoms with Crippen molar-refractivity contribution in [3.63, 3.8) is 0 Å². The molecule has 0 unspecified atom stereocenters. The first-order chi connectivity index (χ1) is 11.1. The van der Waals surface area contributed by atoms with Gasteiger partial charge in [0.1, 0.15) is 0 Å². The van der Waals surface area contributed by atoms with Crippen molar-refractivity contribution < 1.29 is 0 Å². The summed E-state index contributed by atoms with van der Waals surface area (Å²) < 4.78 is 0. The smallest absolute Gasteiger partial charge is 0.0110 e. The zero-order valence-electron chi connectivity index (χ0n) is 19.2. The van der Waals surface area contributed by atoms with E-state index in [1.54, 1.807) is 11.1 Å². The van der Waals surface area contributed by atoms with E-state index in [9.17, 15) is 0 Å². The van der Waals surface area contributed by atoms with E-state index in [1.165, 1.54) is 36.8 Å². The molecular formula is C25H46. The molecule has 0 aliphatic carbocycles. The summed E-state index contributed by atoms with van der Waals surface area (Å²) in [4.78, 5) is 0. The van der Waals surface area contributed by atoms with Crippen LogP contribution < -0.4 is 0 Å². The maximum Gasteiger partial charge on any atom is -0.0110 e. The second kappa shape index (κ2) is 9.24. The van der Waals surface area contributed by atoms with Crippen molar-refractivity contribution >= 4 is 0 Å². The lowest BCUT2D eigenvalue weighted by Crippen LogP contribution is -2.18. The molecule has 146 valence electrons. The van der Waals surface area contributed by atoms with Gasteiger partial charge in [-0.05, 0) is 62.2 Å². The molecule has 0 bridgehead atoms. The molecule has 0 aliphatic rings. The summed E-state index contributed by atoms with van der Waals surface area (Å²) in [5.74, 6) is 0. The van der Waals surface area contributed by atoms with Crippen LogP contribution in [0.5, 0.6) is 0 Å². The van der Waals surface area contributed by atoms with Gasteiger partial charge in [-0.15, -0.1) is 0 Å². The molecule has 0 aromatic carbocycles. The minimum Gasteiger partial charge on any atom is -0.0996 e. The molecule has 0 saturated heterocycles. The molecule has 0 heterocycles. The molecule has 0 nitrogen and oxygen atoms in total. The van der Waals surface area contributed by atoms with Crippen molar-refractivity contribution in [2.24, 2.45) is 16.2 Å². The van der Waals surface area contributed by atoms with Crippen LogP contribution in [0.25, 0.3) is 0 Å². The van der Waals surface area contributed by atoms with Gasteiger partial charge < -0.3 is 0 Å². The molecule has 0 saturated carbocycles. The summed E-state index contributed by atoms with van der Waals surface area (Å²) in [6.07, 6.45) is 7.21. The zero-order valence-corrected chi connectivity index (χ0v) is 19.2. The van der Waals surface area contributed by atoms with Crippen molar-refractivity contribution in [3.05, 3.63) is 35.5 Å². The largest absolute Gasteiger partial charge is 0.0996 e. The van der Waals surface area contributed by atoms with Crippen LogP contribution in [0.4, 0.5) is 0 Å². The maximum absolute atomic E-state index is 4.34. The monoisotopic (exact) mass is 346 g/mol. The summed E-state index contributed by atoms with van der Waals surface area (Å²) in [5.41, 5.74) is 6.59. The van der Waals surface area contributed by atoms with E-state index in [-0.39, 0.29) is 16.2 Å². The van der Waals surface area contributed by atoms with Gasteiger partial charge in [-0.1, -0.05) is 97.3 Å². The molecule has 0 aromatic heterocycles. The molecular weight excluding hydrogens is 300 g/mol. The van der Waals surface area contributed by atoms with Gasteiger partial charge in [0, 0.05) is 0 Å². The summed E-state index contributed by atoms with van der Waals surface area (Å²) >= 11 is 0. The van der Waals surface area contributed by atoms with Crippen LogP contribution in [-0.4, -0.2) is 0 Å². The Morgan fingerprint density at radius 2 is 1.32 bits per heavy atom. The maximum atomic E-state index is 4.34. The van der Waals surface area contributed by atoms with E-state index in [0.717, 1.165) is 12.8 Å². The highest BCUT2D eigenvalue weighted by atomic mass is 14.3. The first-order valence-electron chi connectivity index (χ1n) is 10.2. The van der Waals surface area contributed by atoms with Gasteiger partial charge in [-0.3, -0.25) is 0 Å². The van der Waals surface area contributed by atoms with Crippen LogP contribution in [0.3, 0.4) is 0 Å². The Bertz CT molecular complexity index is 489. The second-order valence-corrected chi connectivity index (χ2v) is 10.4. The fourth-order valence-electron chi connectivity index (χ4n) is 3.19. The highest BCUT2D eigenvalue weighted by Crippen LogP contribution is 2.40. The highest BCUT2D eigenvalue weighted by Gasteiger charge is 2.26. The lowest BCUT2D eigenvalue weighted by Gasteiger charge is -2.32. The van der Waals surface area contributed by atoms with Gasteiger partial charge in [-0.2, -0.15) is 0 Å². The molecule has 0 amide bonds. The predicted molar refractivity (Wildman–Crippen MR) is 117 cm³/mol. The Kier molecular flexibility index (Phi) is 8.95. The van der Waals surface area contributed by atoms with E-state index >= 15 is 0 Å². The quantitative estimate of drug-likeness (QED) is 0.273. The topological polar surface area (TPSA) is 0 Å². The minimum atomic E-state index is 0.188. The Morgan fingerprint density at radius 1 is 0.800 bits per heavy atom. The summed E-state index contributed by atoms with van der Waals surface area (Å²) in [6.45, 7) is 31.6. The highest BCUT2D eigenvalue weighted by molar-refractivity contribution is 5.22. The van der Waals surface area contributed by atoms with Crippen LogP contribution in [0.1, 0.15) is 108 Å². The van der Waals surface area contributed by atoms with E-state index in [0.29, 0.717) is 0 Å². The SMILES string of the molecule is C=C(C)C(C)(C)CCCCC(CC(C)(C)C(=C)CC)=C(C)C(C)(C)C. The van der Waals surface area contributed by atoms with Crippen LogP contribution in [0, 0.1) is 16.2 Å². The van der Waals surface area contributed by atoms with Crippen molar-refractivity contribution in [1.82, 2.24) is 0 Å². The third-order valence-electron chi connectivity index (χ3n) is 6.38. The van der Waals surface area contributed by atoms with Crippen molar-refractivity contribution in [1.29, 1.82) is 0 Å². The number of rotatable bonds is 10. The van der Waals surface area contributed by atoms with Gasteiger partial charge in [0.15, 0.2) is 0 Å². The normalized spacial score (nSPS) is 14.3. The molecule has 0 radical (unpaired) electrons. The van der Waals surface area contributed by atoms with E-state index in [4.69, 9.17) is 0 Å². The van der Waals surface area contributed by atoms with Crippen LogP contribution >= 0.6 is 0 Å². The van der Waals surface area contributed by atoms with Crippen molar-refractivity contribution in [2.75, 3.05) is 0 Å². The van der Waals surface area contributed by atoms with Gasteiger partial charge in [0.25, 0.3) is 0 Å². The van der Waals surface area contributed by atoms with Gasteiger partial charge in [-0.25, -0.2) is 0 Å². The third kappa shape index (κ3) is 7.97. The standard InChI is InChI=1S/C25H46/c1-13-20(4)25(11,12)18-22(21(5)23(6,7)8)16-14-15-17-24(9,10)19(2)3/h2,4,13-18H2,1,3,5-12H3. The second-order valence-electron chi connectivity index (χ2n) is 10.4. The Labute approximate surface area is 159 Å². The summed E-state index contributed by atoms with van der Waals surface area (Å²) in [5, 5.41) is 0. The number of hydrogen-bond acceptors (Lipinski definition) is 0. The molecule has 0 rings (SSSR count). The third-order valence-corrected chi connectivity index (χ3v) is 6.38. The van der Waals surface area contributed by atoms with Gasteiger partial charge in [0.2, 0.25) is 0 Å². The molecule has 0 N–H and O–H groups in total. The first-order valence-corrected chi connectivity index (χ1v) is 10.2. The molecule has 0 spiro atoms. The average Bonchev–Trinajstić information content (AvgIpc) is 2.47. The molecule has 25 heavy (non-hydrogen) atoms. The van der Waals surface area contributed by atoms with E-state index in [1.807, 2.05) is 0 Å². The Balaban J connectivity index is 5.15. The summed E-state index contributed by atoms with van der Waals surface area (Å²) in [6, 6.07) is 0. The van der Waals surface area contributed by atoms with Gasteiger partial charge in [0.05, 0.1) is 0 Å². The molecule has 0 aromatic rings. The summed E-state index contributed by atoms with van der Waals surface area (Å²) in [7, 11) is 0. The Morgan fingerprint density at radius 3 is 1.72 bits per heavy atom. The first kappa shape index (κ1) is 24.2. The Hall–Kier alpha value is -0.780. The van der Waals surface area contributed by atoms with Crippen molar-refractivity contribution in [2.45, 2.75) is 108 Å². The average molecular weight is 347 g/mol.